The second-order valence-electron chi connectivity index (χ2n) is 5.77. The van der Waals surface area contributed by atoms with Gasteiger partial charge in [-0.25, -0.2) is 8.78 Å². The number of nitrogens with zero attached hydrogens (tertiary/aromatic N) is 1. The highest BCUT2D eigenvalue weighted by Gasteiger charge is 2.21. The molecule has 0 aliphatic carbocycles. The average molecular weight is 351 g/mol. The molecule has 1 aromatic heterocycles. The molecule has 1 saturated heterocycles. The van der Waals surface area contributed by atoms with Gasteiger partial charge < -0.3 is 16.0 Å². The summed E-state index contributed by atoms with van der Waals surface area (Å²) in [7, 11) is 0. The molecular weight excluding hydrogens is 332 g/mol. The fraction of sp³-hybridized carbons (Fsp3) is 0.312. The molecule has 0 spiro atoms. The second-order valence-corrected chi connectivity index (χ2v) is 5.77. The van der Waals surface area contributed by atoms with Gasteiger partial charge in [0.15, 0.2) is 0 Å². The Kier molecular flexibility index (Phi) is 5.03. The zero-order valence-corrected chi connectivity index (χ0v) is 13.2. The van der Waals surface area contributed by atoms with Crippen LogP contribution in [-0.4, -0.2) is 41.1 Å². The van der Waals surface area contributed by atoms with Crippen LogP contribution in [0.15, 0.2) is 24.4 Å². The zero-order valence-electron chi connectivity index (χ0n) is 13.2. The molecule has 7 nitrogen and oxygen atoms in total. The lowest BCUT2D eigenvalue weighted by atomic mass is 10.1. The minimum absolute atomic E-state index is 0. The molecule has 25 heavy (non-hydrogen) atoms. The van der Waals surface area contributed by atoms with Crippen LogP contribution in [-0.2, 0) is 0 Å². The first kappa shape index (κ1) is 17.0. The van der Waals surface area contributed by atoms with Gasteiger partial charge in [0.2, 0.25) is 0 Å². The number of rotatable bonds is 4. The molecule has 0 bridgehead atoms. The van der Waals surface area contributed by atoms with Crippen LogP contribution >= 0.6 is 0 Å². The molecular formula is C16H19F2N5O2. The molecule has 0 atom stereocenters. The van der Waals surface area contributed by atoms with Gasteiger partial charge in [-0.15, -0.1) is 0 Å². The minimum Gasteiger partial charge on any atom is -0.348 e. The number of benzene rings is 1. The molecule has 2 amide bonds. The Hall–Kier alpha value is -2.81. The van der Waals surface area contributed by atoms with Crippen molar-refractivity contribution in [3.8, 4) is 0 Å². The molecule has 2 heterocycles. The predicted molar refractivity (Wildman–Crippen MR) is 88.4 cm³/mol. The number of aromatic amines is 1. The molecule has 1 aliphatic rings. The molecule has 9 heteroatoms. The maximum absolute atomic E-state index is 13.2. The normalized spacial score (nSPS) is 15.0. The molecule has 4 N–H and O–H groups in total. The van der Waals surface area contributed by atoms with Crippen LogP contribution in [0.1, 0.15) is 35.1 Å². The van der Waals surface area contributed by atoms with Crippen molar-refractivity contribution in [1.82, 2.24) is 20.8 Å². The Morgan fingerprint density at radius 2 is 1.80 bits per heavy atom. The summed E-state index contributed by atoms with van der Waals surface area (Å²) in [5.74, 6) is -2.86. The van der Waals surface area contributed by atoms with Crippen LogP contribution < -0.4 is 16.0 Å². The summed E-state index contributed by atoms with van der Waals surface area (Å²) in [5.41, 5.74) is 0.0354. The number of aromatic nitrogens is 2. The lowest BCUT2D eigenvalue weighted by Crippen LogP contribution is -2.43. The van der Waals surface area contributed by atoms with Gasteiger partial charge in [-0.1, -0.05) is 0 Å². The van der Waals surface area contributed by atoms with Crippen LogP contribution in [0, 0.1) is 11.6 Å². The first-order valence-corrected chi connectivity index (χ1v) is 7.85. The maximum atomic E-state index is 13.2. The van der Waals surface area contributed by atoms with Crippen molar-refractivity contribution in [3.05, 3.63) is 47.3 Å². The van der Waals surface area contributed by atoms with E-state index in [1.165, 1.54) is 6.20 Å². The van der Waals surface area contributed by atoms with E-state index in [2.05, 4.69) is 26.1 Å². The first-order valence-electron chi connectivity index (χ1n) is 7.85. The molecule has 2 aromatic rings. The molecule has 1 aliphatic heterocycles. The first-order chi connectivity index (χ1) is 12.0. The van der Waals surface area contributed by atoms with Crippen LogP contribution in [0.3, 0.4) is 0 Å². The molecule has 134 valence electrons. The number of piperidine rings is 1. The minimum atomic E-state index is -0.860. The van der Waals surface area contributed by atoms with E-state index in [-0.39, 0.29) is 24.4 Å². The highest BCUT2D eigenvalue weighted by atomic mass is 19.1. The summed E-state index contributed by atoms with van der Waals surface area (Å²) in [6, 6.07) is 2.53. The van der Waals surface area contributed by atoms with Gasteiger partial charge in [0.1, 0.15) is 17.3 Å². The summed E-state index contributed by atoms with van der Waals surface area (Å²) in [6.45, 7) is 1.64. The summed E-state index contributed by atoms with van der Waals surface area (Å²) >= 11 is 0. The van der Waals surface area contributed by atoms with E-state index in [1.54, 1.807) is 0 Å². The third-order valence-electron chi connectivity index (χ3n) is 3.91. The van der Waals surface area contributed by atoms with Crippen LogP contribution in [0.25, 0.3) is 0 Å². The zero-order chi connectivity index (χ0) is 17.8. The number of anilines is 1. The Morgan fingerprint density at radius 3 is 2.48 bits per heavy atom. The van der Waals surface area contributed by atoms with E-state index >= 15 is 0 Å². The van der Waals surface area contributed by atoms with Crippen molar-refractivity contribution in [3.63, 3.8) is 0 Å². The van der Waals surface area contributed by atoms with Gasteiger partial charge in [0.25, 0.3) is 11.8 Å². The van der Waals surface area contributed by atoms with Crippen LogP contribution in [0.2, 0.25) is 0 Å². The number of halogens is 2. The molecule has 1 aromatic carbocycles. The Labute approximate surface area is 143 Å². The van der Waals surface area contributed by atoms with E-state index in [4.69, 9.17) is 0 Å². The number of carbonyl (C=O) groups excluding carboxylic acids is 2. The van der Waals surface area contributed by atoms with Gasteiger partial charge in [-0.2, -0.15) is 5.10 Å². The SMILES string of the molecule is O=C(Nc1cn[nH]c1C(=O)NC1CCNCC1)c1cc(F)cc(F)c1.[HH]. The highest BCUT2D eigenvalue weighted by Crippen LogP contribution is 2.16. The molecule has 0 radical (unpaired) electrons. The number of hydrogen-bond donors (Lipinski definition) is 4. The van der Waals surface area contributed by atoms with Gasteiger partial charge in [-0.05, 0) is 38.1 Å². The maximum Gasteiger partial charge on any atom is 0.271 e. The van der Waals surface area contributed by atoms with Crippen molar-refractivity contribution in [2.75, 3.05) is 18.4 Å². The fourth-order valence-electron chi connectivity index (χ4n) is 2.66. The van der Waals surface area contributed by atoms with Gasteiger partial charge >= 0.3 is 0 Å². The summed E-state index contributed by atoms with van der Waals surface area (Å²) in [5, 5.41) is 14.8. The van der Waals surface area contributed by atoms with Crippen molar-refractivity contribution in [2.24, 2.45) is 0 Å². The standard InChI is InChI=1S/C16H17F2N5O2.H2/c17-10-5-9(6-11(18)7-10)15(24)22-13-8-20-23-14(13)16(25)21-12-1-3-19-4-2-12;/h5-8,12,19H,1-4H2,(H,20,23)(H,21,25)(H,22,24);1H. The largest absolute Gasteiger partial charge is 0.348 e. The Balaban J connectivity index is 0.00000243. The average Bonchev–Trinajstić information content (AvgIpc) is 3.03. The summed E-state index contributed by atoms with van der Waals surface area (Å²) in [6.07, 6.45) is 2.89. The van der Waals surface area contributed by atoms with Gasteiger partial charge in [0, 0.05) is 19.1 Å². The fourth-order valence-corrected chi connectivity index (χ4v) is 2.66. The Morgan fingerprint density at radius 1 is 1.12 bits per heavy atom. The third-order valence-corrected chi connectivity index (χ3v) is 3.91. The monoisotopic (exact) mass is 351 g/mol. The quantitative estimate of drug-likeness (QED) is 0.673. The van der Waals surface area contributed by atoms with Crippen molar-refractivity contribution in [1.29, 1.82) is 0 Å². The number of nitrogens with one attached hydrogen (secondary N) is 4. The highest BCUT2D eigenvalue weighted by molar-refractivity contribution is 6.08. The van der Waals surface area contributed by atoms with Crippen LogP contribution in [0.4, 0.5) is 14.5 Å². The number of carbonyl (C=O) groups is 2. The van der Waals surface area contributed by atoms with E-state index in [1.807, 2.05) is 0 Å². The molecule has 3 rings (SSSR count). The smallest absolute Gasteiger partial charge is 0.271 e. The summed E-state index contributed by atoms with van der Waals surface area (Å²) in [4.78, 5) is 24.5. The van der Waals surface area contributed by atoms with E-state index in [0.29, 0.717) is 6.07 Å². The molecule has 0 saturated carbocycles. The lowest BCUT2D eigenvalue weighted by Gasteiger charge is -2.23. The van der Waals surface area contributed by atoms with Gasteiger partial charge in [-0.3, -0.25) is 14.7 Å². The van der Waals surface area contributed by atoms with Crippen LogP contribution in [0.5, 0.6) is 0 Å². The number of amides is 2. The topological polar surface area (TPSA) is 98.9 Å². The predicted octanol–water partition coefficient (Wildman–Crippen LogP) is 1.67. The van der Waals surface area contributed by atoms with Crippen molar-refractivity contribution in [2.45, 2.75) is 18.9 Å². The van der Waals surface area contributed by atoms with E-state index in [9.17, 15) is 18.4 Å². The van der Waals surface area contributed by atoms with Crippen molar-refractivity contribution < 1.29 is 19.8 Å². The molecule has 1 fully saturated rings. The van der Waals surface area contributed by atoms with Crippen molar-refractivity contribution >= 4 is 17.5 Å². The second kappa shape index (κ2) is 7.39. The van der Waals surface area contributed by atoms with Gasteiger partial charge in [0.05, 0.1) is 11.9 Å². The molecule has 0 unspecified atom stereocenters. The van der Waals surface area contributed by atoms with E-state index in [0.717, 1.165) is 38.1 Å². The summed E-state index contributed by atoms with van der Waals surface area (Å²) < 4.78 is 26.5. The number of H-pyrrole nitrogens is 1. The lowest BCUT2D eigenvalue weighted by molar-refractivity contribution is 0.0925. The Bertz CT molecular complexity index is 772. The number of hydrogen-bond acceptors (Lipinski definition) is 4. The van der Waals surface area contributed by atoms with E-state index < -0.39 is 23.4 Å². The third kappa shape index (κ3) is 4.18.